The fourth-order valence-electron chi connectivity index (χ4n) is 4.34. The summed E-state index contributed by atoms with van der Waals surface area (Å²) in [6.45, 7) is 5.05. The molecule has 0 N–H and O–H groups in total. The Labute approximate surface area is 154 Å². The molecule has 2 aliphatic heterocycles. The molecule has 0 spiro atoms. The lowest BCUT2D eigenvalue weighted by Crippen LogP contribution is -2.49. The average Bonchev–Trinajstić information content (AvgIpc) is 3.14. The zero-order valence-electron chi connectivity index (χ0n) is 15.5. The minimum atomic E-state index is 0.180. The number of para-hydroxylation sites is 1. The molecule has 1 aromatic heterocycles. The van der Waals surface area contributed by atoms with Crippen LogP contribution in [-0.4, -0.2) is 51.5 Å². The first-order valence-electron chi connectivity index (χ1n) is 9.31. The maximum atomic E-state index is 11.7. The van der Waals surface area contributed by atoms with Crippen molar-refractivity contribution in [1.29, 1.82) is 0 Å². The van der Waals surface area contributed by atoms with Gasteiger partial charge in [-0.15, -0.1) is 0 Å². The molecule has 0 radical (unpaired) electrons. The number of nitrogens with zero attached hydrogens (tertiary/aromatic N) is 4. The second-order valence-electron chi connectivity index (χ2n) is 7.16. The Morgan fingerprint density at radius 2 is 2.00 bits per heavy atom. The Morgan fingerprint density at radius 1 is 1.23 bits per heavy atom. The standard InChI is InChI=1S/C20H26N4O2/c1-15(25)22-10-7-16(8-11-22)24-14-20-21-9-12-23(20)13-18(24)17-5-3-4-6-19(17)26-2/h3-6,9,12,16,18H,7-8,10-11,13-14H2,1-2H3. The van der Waals surface area contributed by atoms with Gasteiger partial charge < -0.3 is 14.2 Å². The quantitative estimate of drug-likeness (QED) is 0.850. The lowest BCUT2D eigenvalue weighted by Gasteiger charge is -2.44. The van der Waals surface area contributed by atoms with E-state index in [4.69, 9.17) is 4.74 Å². The van der Waals surface area contributed by atoms with Gasteiger partial charge in [0, 0.05) is 50.6 Å². The van der Waals surface area contributed by atoms with Gasteiger partial charge in [-0.25, -0.2) is 4.98 Å². The van der Waals surface area contributed by atoms with Crippen LogP contribution in [0.4, 0.5) is 0 Å². The molecule has 1 fully saturated rings. The third kappa shape index (κ3) is 3.09. The summed E-state index contributed by atoms with van der Waals surface area (Å²) in [5, 5.41) is 0. The zero-order chi connectivity index (χ0) is 18.1. The first-order valence-corrected chi connectivity index (χ1v) is 9.31. The van der Waals surface area contributed by atoms with Crippen LogP contribution < -0.4 is 4.74 Å². The molecule has 1 amide bonds. The van der Waals surface area contributed by atoms with E-state index in [1.54, 1.807) is 14.0 Å². The Kier molecular flexibility index (Phi) is 4.68. The Morgan fingerprint density at radius 3 is 2.73 bits per heavy atom. The monoisotopic (exact) mass is 354 g/mol. The largest absolute Gasteiger partial charge is 0.496 e. The van der Waals surface area contributed by atoms with Crippen LogP contribution in [-0.2, 0) is 17.9 Å². The molecule has 1 atom stereocenters. The fraction of sp³-hybridized carbons (Fsp3) is 0.500. The minimum absolute atomic E-state index is 0.180. The van der Waals surface area contributed by atoms with Crippen molar-refractivity contribution < 1.29 is 9.53 Å². The molecule has 1 aromatic carbocycles. The average molecular weight is 354 g/mol. The molecule has 6 nitrogen and oxygen atoms in total. The van der Waals surface area contributed by atoms with Gasteiger partial charge >= 0.3 is 0 Å². The van der Waals surface area contributed by atoms with Crippen LogP contribution in [0.1, 0.15) is 37.2 Å². The summed E-state index contributed by atoms with van der Waals surface area (Å²) in [5.74, 6) is 2.23. The second kappa shape index (κ2) is 7.11. The van der Waals surface area contributed by atoms with Gasteiger partial charge in [0.15, 0.2) is 0 Å². The van der Waals surface area contributed by atoms with Gasteiger partial charge in [-0.05, 0) is 18.9 Å². The summed E-state index contributed by atoms with van der Waals surface area (Å²) in [6, 6.07) is 9.01. The van der Waals surface area contributed by atoms with Gasteiger partial charge in [0.05, 0.1) is 19.7 Å². The van der Waals surface area contributed by atoms with Gasteiger partial charge in [-0.2, -0.15) is 0 Å². The molecule has 0 bridgehead atoms. The molecule has 0 aliphatic carbocycles. The maximum Gasteiger partial charge on any atom is 0.219 e. The van der Waals surface area contributed by atoms with Crippen molar-refractivity contribution in [3.63, 3.8) is 0 Å². The summed E-state index contributed by atoms with van der Waals surface area (Å²) < 4.78 is 7.90. The molecule has 0 saturated carbocycles. The number of piperidine rings is 1. The van der Waals surface area contributed by atoms with Crippen molar-refractivity contribution in [2.75, 3.05) is 20.2 Å². The van der Waals surface area contributed by atoms with Crippen LogP contribution in [0.2, 0.25) is 0 Å². The number of amides is 1. The molecular weight excluding hydrogens is 328 g/mol. The first kappa shape index (κ1) is 17.1. The number of imidazole rings is 1. The van der Waals surface area contributed by atoms with E-state index in [1.807, 2.05) is 23.2 Å². The first-order chi connectivity index (χ1) is 12.7. The van der Waals surface area contributed by atoms with Crippen LogP contribution in [0.5, 0.6) is 5.75 Å². The van der Waals surface area contributed by atoms with Crippen LogP contribution >= 0.6 is 0 Å². The molecule has 4 rings (SSSR count). The number of likely N-dealkylation sites (tertiary alicyclic amines) is 1. The van der Waals surface area contributed by atoms with Crippen molar-refractivity contribution in [2.24, 2.45) is 0 Å². The number of carbonyl (C=O) groups is 1. The normalized spacial score (nSPS) is 21.5. The topological polar surface area (TPSA) is 50.6 Å². The van der Waals surface area contributed by atoms with Gasteiger partial charge in [-0.3, -0.25) is 9.69 Å². The third-order valence-corrected chi connectivity index (χ3v) is 5.77. The number of hydrogen-bond acceptors (Lipinski definition) is 4. The number of hydrogen-bond donors (Lipinski definition) is 0. The smallest absolute Gasteiger partial charge is 0.219 e. The predicted octanol–water partition coefficient (Wildman–Crippen LogP) is 2.46. The van der Waals surface area contributed by atoms with Gasteiger partial charge in [0.25, 0.3) is 0 Å². The minimum Gasteiger partial charge on any atom is -0.496 e. The molecule has 6 heteroatoms. The highest BCUT2D eigenvalue weighted by molar-refractivity contribution is 5.73. The van der Waals surface area contributed by atoms with Crippen molar-refractivity contribution in [3.05, 3.63) is 48.0 Å². The molecule has 3 heterocycles. The number of aromatic nitrogens is 2. The highest BCUT2D eigenvalue weighted by atomic mass is 16.5. The van der Waals surface area contributed by atoms with E-state index in [0.717, 1.165) is 50.6 Å². The van der Waals surface area contributed by atoms with Crippen LogP contribution in [0.15, 0.2) is 36.7 Å². The lowest BCUT2D eigenvalue weighted by atomic mass is 9.95. The predicted molar refractivity (Wildman–Crippen MR) is 98.8 cm³/mol. The van der Waals surface area contributed by atoms with E-state index in [0.29, 0.717) is 6.04 Å². The van der Waals surface area contributed by atoms with E-state index in [1.165, 1.54) is 5.56 Å². The summed E-state index contributed by atoms with van der Waals surface area (Å²) in [7, 11) is 1.74. The Hall–Kier alpha value is -2.34. The highest BCUT2D eigenvalue weighted by Gasteiger charge is 2.36. The summed E-state index contributed by atoms with van der Waals surface area (Å²) in [4.78, 5) is 20.7. The lowest BCUT2D eigenvalue weighted by molar-refractivity contribution is -0.130. The number of ether oxygens (including phenoxy) is 1. The van der Waals surface area contributed by atoms with Gasteiger partial charge in [0.1, 0.15) is 11.6 Å². The van der Waals surface area contributed by atoms with Crippen molar-refractivity contribution in [2.45, 2.75) is 44.9 Å². The Bertz CT molecular complexity index is 780. The molecule has 2 aromatic rings. The molecule has 1 unspecified atom stereocenters. The van der Waals surface area contributed by atoms with E-state index in [9.17, 15) is 4.79 Å². The van der Waals surface area contributed by atoms with Crippen molar-refractivity contribution in [1.82, 2.24) is 19.4 Å². The molecule has 138 valence electrons. The van der Waals surface area contributed by atoms with Crippen LogP contribution in [0.25, 0.3) is 0 Å². The van der Waals surface area contributed by atoms with Gasteiger partial charge in [-0.1, -0.05) is 18.2 Å². The Balaban J connectivity index is 1.63. The molecule has 26 heavy (non-hydrogen) atoms. The fourth-order valence-corrected chi connectivity index (χ4v) is 4.34. The van der Waals surface area contributed by atoms with E-state index in [2.05, 4.69) is 32.8 Å². The van der Waals surface area contributed by atoms with Crippen LogP contribution in [0.3, 0.4) is 0 Å². The maximum absolute atomic E-state index is 11.7. The molecule has 2 aliphatic rings. The number of benzene rings is 1. The number of carbonyl (C=O) groups excluding carboxylic acids is 1. The van der Waals surface area contributed by atoms with E-state index < -0.39 is 0 Å². The third-order valence-electron chi connectivity index (χ3n) is 5.77. The molecule has 1 saturated heterocycles. The molecular formula is C20H26N4O2. The summed E-state index contributed by atoms with van der Waals surface area (Å²) in [6.07, 6.45) is 5.96. The SMILES string of the molecule is COc1ccccc1C1Cn2ccnc2CN1C1CCN(C(C)=O)CC1. The number of fused-ring (bicyclic) bond motifs is 1. The van der Waals surface area contributed by atoms with Crippen molar-refractivity contribution in [3.8, 4) is 5.75 Å². The summed E-state index contributed by atoms with van der Waals surface area (Å²) >= 11 is 0. The second-order valence-corrected chi connectivity index (χ2v) is 7.16. The highest BCUT2D eigenvalue weighted by Crippen LogP contribution is 2.37. The van der Waals surface area contributed by atoms with E-state index >= 15 is 0 Å². The van der Waals surface area contributed by atoms with Crippen LogP contribution in [0, 0.1) is 0 Å². The number of rotatable bonds is 3. The number of methoxy groups -OCH3 is 1. The summed E-state index contributed by atoms with van der Waals surface area (Å²) in [5.41, 5.74) is 1.23. The van der Waals surface area contributed by atoms with E-state index in [-0.39, 0.29) is 11.9 Å². The van der Waals surface area contributed by atoms with Crippen molar-refractivity contribution >= 4 is 5.91 Å². The zero-order valence-corrected chi connectivity index (χ0v) is 15.5. The van der Waals surface area contributed by atoms with Gasteiger partial charge in [0.2, 0.25) is 5.91 Å².